The van der Waals surface area contributed by atoms with Crippen LogP contribution in [0.1, 0.15) is 10.4 Å². The highest BCUT2D eigenvalue weighted by atomic mass is 32.1. The number of ether oxygens (including phenoxy) is 1. The molecular formula is C20H15N3O2S. The van der Waals surface area contributed by atoms with Gasteiger partial charge in [-0.1, -0.05) is 23.5 Å². The summed E-state index contributed by atoms with van der Waals surface area (Å²) < 4.78 is 6.18. The lowest BCUT2D eigenvalue weighted by Crippen LogP contribution is -2.11. The van der Waals surface area contributed by atoms with Crippen LogP contribution in [0.4, 0.5) is 5.13 Å². The van der Waals surface area contributed by atoms with Gasteiger partial charge in [0.1, 0.15) is 5.75 Å². The van der Waals surface area contributed by atoms with E-state index in [0.29, 0.717) is 16.4 Å². The molecule has 0 saturated heterocycles. The van der Waals surface area contributed by atoms with Gasteiger partial charge in [-0.15, -0.1) is 0 Å². The molecule has 0 atom stereocenters. The van der Waals surface area contributed by atoms with E-state index in [2.05, 4.69) is 21.4 Å². The predicted octanol–water partition coefficient (Wildman–Crippen LogP) is 4.62. The van der Waals surface area contributed by atoms with Gasteiger partial charge in [0, 0.05) is 18.0 Å². The second-order valence-electron chi connectivity index (χ2n) is 5.62. The molecule has 0 fully saturated rings. The van der Waals surface area contributed by atoms with Crippen LogP contribution in [0.15, 0.2) is 67.0 Å². The van der Waals surface area contributed by atoms with Gasteiger partial charge in [0.2, 0.25) is 0 Å². The molecule has 0 aliphatic carbocycles. The number of nitrogens with one attached hydrogen (secondary N) is 1. The lowest BCUT2D eigenvalue weighted by Gasteiger charge is -2.03. The third-order valence-electron chi connectivity index (χ3n) is 3.95. The number of anilines is 1. The van der Waals surface area contributed by atoms with Gasteiger partial charge in [-0.25, -0.2) is 4.98 Å². The summed E-state index contributed by atoms with van der Waals surface area (Å²) >= 11 is 1.45. The molecule has 2 aromatic heterocycles. The summed E-state index contributed by atoms with van der Waals surface area (Å²) in [6, 6.07) is 17.0. The zero-order chi connectivity index (χ0) is 17.9. The van der Waals surface area contributed by atoms with Crippen LogP contribution >= 0.6 is 11.3 Å². The number of thiazole rings is 1. The number of amides is 1. The number of carbonyl (C=O) groups excluding carboxylic acids is 1. The molecule has 2 aromatic carbocycles. The number of methoxy groups -OCH3 is 1. The first-order chi connectivity index (χ1) is 12.7. The molecule has 1 amide bonds. The number of carbonyl (C=O) groups is 1. The van der Waals surface area contributed by atoms with Crippen LogP contribution in [0.3, 0.4) is 0 Å². The predicted molar refractivity (Wildman–Crippen MR) is 104 cm³/mol. The maximum Gasteiger partial charge on any atom is 0.257 e. The van der Waals surface area contributed by atoms with Crippen LogP contribution in [0.25, 0.3) is 21.3 Å². The fourth-order valence-corrected chi connectivity index (χ4v) is 3.54. The van der Waals surface area contributed by atoms with Gasteiger partial charge in [-0.2, -0.15) is 0 Å². The van der Waals surface area contributed by atoms with E-state index in [1.165, 1.54) is 11.3 Å². The summed E-state index contributed by atoms with van der Waals surface area (Å²) in [6.45, 7) is 0. The van der Waals surface area contributed by atoms with Crippen LogP contribution in [-0.4, -0.2) is 23.0 Å². The second kappa shape index (κ2) is 6.93. The Labute approximate surface area is 154 Å². The minimum Gasteiger partial charge on any atom is -0.497 e. The molecule has 5 nitrogen and oxygen atoms in total. The SMILES string of the molecule is COc1cccc(C(=O)Nc2nc3ccc(-c4ccncc4)cc3s2)c1. The van der Waals surface area contributed by atoms with Crippen molar-refractivity contribution in [3.63, 3.8) is 0 Å². The first kappa shape index (κ1) is 16.2. The van der Waals surface area contributed by atoms with Gasteiger partial charge in [0.15, 0.2) is 5.13 Å². The second-order valence-corrected chi connectivity index (χ2v) is 6.65. The average Bonchev–Trinajstić information content (AvgIpc) is 3.10. The van der Waals surface area contributed by atoms with E-state index in [4.69, 9.17) is 4.74 Å². The van der Waals surface area contributed by atoms with E-state index in [-0.39, 0.29) is 5.91 Å². The van der Waals surface area contributed by atoms with Gasteiger partial charge in [0.25, 0.3) is 5.91 Å². The Morgan fingerprint density at radius 2 is 1.88 bits per heavy atom. The molecule has 0 spiro atoms. The summed E-state index contributed by atoms with van der Waals surface area (Å²) in [5.74, 6) is 0.432. The Bertz CT molecular complexity index is 1080. The molecule has 0 unspecified atom stereocenters. The van der Waals surface area contributed by atoms with Crippen molar-refractivity contribution in [1.29, 1.82) is 0 Å². The van der Waals surface area contributed by atoms with Gasteiger partial charge < -0.3 is 4.74 Å². The number of hydrogen-bond acceptors (Lipinski definition) is 5. The van der Waals surface area contributed by atoms with Crippen molar-refractivity contribution in [2.75, 3.05) is 12.4 Å². The van der Waals surface area contributed by atoms with Gasteiger partial charge >= 0.3 is 0 Å². The lowest BCUT2D eigenvalue weighted by molar-refractivity contribution is 0.102. The highest BCUT2D eigenvalue weighted by Gasteiger charge is 2.11. The largest absolute Gasteiger partial charge is 0.497 e. The zero-order valence-corrected chi connectivity index (χ0v) is 14.8. The summed E-state index contributed by atoms with van der Waals surface area (Å²) in [4.78, 5) is 21.0. The van der Waals surface area contributed by atoms with E-state index in [9.17, 15) is 4.79 Å². The molecule has 4 aromatic rings. The van der Waals surface area contributed by atoms with Crippen LogP contribution in [0, 0.1) is 0 Å². The van der Waals surface area contributed by atoms with Gasteiger partial charge in [0.05, 0.1) is 17.3 Å². The van der Waals surface area contributed by atoms with E-state index in [0.717, 1.165) is 21.3 Å². The average molecular weight is 361 g/mol. The Morgan fingerprint density at radius 1 is 1.04 bits per heavy atom. The molecule has 128 valence electrons. The number of aromatic nitrogens is 2. The monoisotopic (exact) mass is 361 g/mol. The fraction of sp³-hybridized carbons (Fsp3) is 0.0500. The molecular weight excluding hydrogens is 346 g/mol. The molecule has 0 aliphatic heterocycles. The molecule has 0 aliphatic rings. The van der Waals surface area contributed by atoms with Gasteiger partial charge in [-0.3, -0.25) is 15.1 Å². The molecule has 6 heteroatoms. The number of hydrogen-bond donors (Lipinski definition) is 1. The topological polar surface area (TPSA) is 64.1 Å². The normalized spacial score (nSPS) is 10.7. The van der Waals surface area contributed by atoms with E-state index in [1.54, 1.807) is 43.8 Å². The number of fused-ring (bicyclic) bond motifs is 1. The van der Waals surface area contributed by atoms with Crippen molar-refractivity contribution in [3.8, 4) is 16.9 Å². The number of rotatable bonds is 4. The van der Waals surface area contributed by atoms with Crippen molar-refractivity contribution in [1.82, 2.24) is 9.97 Å². The zero-order valence-electron chi connectivity index (χ0n) is 14.0. The Balaban J connectivity index is 1.60. The first-order valence-electron chi connectivity index (χ1n) is 7.99. The number of nitrogens with zero attached hydrogens (tertiary/aromatic N) is 2. The van der Waals surface area contributed by atoms with E-state index in [1.807, 2.05) is 24.3 Å². The molecule has 0 saturated carbocycles. The summed E-state index contributed by atoms with van der Waals surface area (Å²) in [6.07, 6.45) is 3.54. The smallest absolute Gasteiger partial charge is 0.257 e. The van der Waals surface area contributed by atoms with Crippen molar-refractivity contribution in [2.24, 2.45) is 0 Å². The Morgan fingerprint density at radius 3 is 2.69 bits per heavy atom. The Hall–Kier alpha value is -3.25. The van der Waals surface area contributed by atoms with Crippen LogP contribution in [0.5, 0.6) is 5.75 Å². The standard InChI is InChI=1S/C20H15N3O2S/c1-25-16-4-2-3-15(11-16)19(24)23-20-22-17-6-5-14(12-18(17)26-20)13-7-9-21-10-8-13/h2-12H,1H3,(H,22,23,24). The van der Waals surface area contributed by atoms with Crippen molar-refractivity contribution in [3.05, 3.63) is 72.6 Å². The summed E-state index contributed by atoms with van der Waals surface area (Å²) in [5, 5.41) is 3.43. The highest BCUT2D eigenvalue weighted by molar-refractivity contribution is 7.22. The molecule has 0 radical (unpaired) electrons. The summed E-state index contributed by atoms with van der Waals surface area (Å²) in [7, 11) is 1.57. The summed E-state index contributed by atoms with van der Waals surface area (Å²) in [5.41, 5.74) is 3.57. The lowest BCUT2D eigenvalue weighted by atomic mass is 10.1. The fourth-order valence-electron chi connectivity index (χ4n) is 2.64. The van der Waals surface area contributed by atoms with Crippen LogP contribution in [0.2, 0.25) is 0 Å². The molecule has 0 bridgehead atoms. The van der Waals surface area contributed by atoms with Crippen LogP contribution in [-0.2, 0) is 0 Å². The Kier molecular flexibility index (Phi) is 4.33. The third-order valence-corrected chi connectivity index (χ3v) is 4.89. The minimum atomic E-state index is -0.211. The molecule has 4 rings (SSSR count). The maximum absolute atomic E-state index is 12.4. The highest BCUT2D eigenvalue weighted by Crippen LogP contribution is 2.30. The first-order valence-corrected chi connectivity index (χ1v) is 8.81. The molecule has 2 heterocycles. The minimum absolute atomic E-state index is 0.211. The van der Waals surface area contributed by atoms with Crippen molar-refractivity contribution < 1.29 is 9.53 Å². The van der Waals surface area contributed by atoms with E-state index >= 15 is 0 Å². The van der Waals surface area contributed by atoms with Crippen LogP contribution < -0.4 is 10.1 Å². The van der Waals surface area contributed by atoms with Crippen molar-refractivity contribution in [2.45, 2.75) is 0 Å². The van der Waals surface area contributed by atoms with Gasteiger partial charge in [-0.05, 0) is 53.6 Å². The van der Waals surface area contributed by atoms with Crippen molar-refractivity contribution >= 4 is 32.6 Å². The number of pyridine rings is 1. The third kappa shape index (κ3) is 3.27. The maximum atomic E-state index is 12.4. The van der Waals surface area contributed by atoms with E-state index < -0.39 is 0 Å². The molecule has 26 heavy (non-hydrogen) atoms. The molecule has 1 N–H and O–H groups in total. The quantitative estimate of drug-likeness (QED) is 0.576. The number of benzene rings is 2.